The van der Waals surface area contributed by atoms with Gasteiger partial charge in [0.25, 0.3) is 0 Å². The van der Waals surface area contributed by atoms with Crippen molar-refractivity contribution in [3.05, 3.63) is 0 Å². The van der Waals surface area contributed by atoms with Crippen LogP contribution in [0.4, 0.5) is 0 Å². The van der Waals surface area contributed by atoms with Crippen molar-refractivity contribution < 1.29 is 14.6 Å². The number of hydrogen-bond acceptors (Lipinski definition) is 4. The molecule has 1 aliphatic rings. The van der Waals surface area contributed by atoms with Crippen molar-refractivity contribution >= 4 is 5.91 Å². The number of amides is 1. The summed E-state index contributed by atoms with van der Waals surface area (Å²) in [6.07, 6.45) is 2.74. The molecule has 1 saturated heterocycles. The summed E-state index contributed by atoms with van der Waals surface area (Å²) < 4.78 is 5.50. The van der Waals surface area contributed by atoms with E-state index in [2.05, 4.69) is 13.8 Å². The predicted octanol–water partition coefficient (Wildman–Crippen LogP) is 0.607. The highest BCUT2D eigenvalue weighted by Gasteiger charge is 2.28. The molecule has 0 aromatic rings. The molecule has 0 saturated carbocycles. The van der Waals surface area contributed by atoms with E-state index in [-0.39, 0.29) is 24.5 Å². The highest BCUT2D eigenvalue weighted by molar-refractivity contribution is 5.79. The van der Waals surface area contributed by atoms with E-state index in [0.29, 0.717) is 19.1 Å². The summed E-state index contributed by atoms with van der Waals surface area (Å²) >= 11 is 0. The Kier molecular flexibility index (Phi) is 7.34. The molecule has 1 unspecified atom stereocenters. The van der Waals surface area contributed by atoms with Gasteiger partial charge in [-0.25, -0.2) is 0 Å². The summed E-state index contributed by atoms with van der Waals surface area (Å²) in [6.45, 7) is 6.58. The van der Waals surface area contributed by atoms with Crippen molar-refractivity contribution in [2.75, 3.05) is 32.8 Å². The second-order valence-corrected chi connectivity index (χ2v) is 5.68. The third-order valence-corrected chi connectivity index (χ3v) is 3.59. The summed E-state index contributed by atoms with van der Waals surface area (Å²) in [5.74, 6) is 0.634. The van der Waals surface area contributed by atoms with E-state index < -0.39 is 0 Å². The number of aliphatic hydroxyl groups is 1. The Morgan fingerprint density at radius 3 is 2.53 bits per heavy atom. The van der Waals surface area contributed by atoms with E-state index in [1.807, 2.05) is 4.90 Å². The molecule has 0 aromatic carbocycles. The van der Waals surface area contributed by atoms with Crippen molar-refractivity contribution in [3.8, 4) is 0 Å². The Balaban J connectivity index is 2.38. The number of likely N-dealkylation sites (tertiary alicyclic amines) is 1. The number of hydrogen-bond donors (Lipinski definition) is 2. The molecule has 1 heterocycles. The Morgan fingerprint density at radius 2 is 2.05 bits per heavy atom. The normalized spacial score (nSPS) is 18.9. The maximum atomic E-state index is 12.4. The fraction of sp³-hybridized carbons (Fsp3) is 0.929. The van der Waals surface area contributed by atoms with E-state index in [1.54, 1.807) is 0 Å². The Labute approximate surface area is 116 Å². The third-order valence-electron chi connectivity index (χ3n) is 3.59. The predicted molar refractivity (Wildman–Crippen MR) is 74.6 cm³/mol. The van der Waals surface area contributed by atoms with Gasteiger partial charge in [-0.15, -0.1) is 0 Å². The van der Waals surface area contributed by atoms with Gasteiger partial charge >= 0.3 is 0 Å². The van der Waals surface area contributed by atoms with Crippen molar-refractivity contribution in [1.82, 2.24) is 4.90 Å². The van der Waals surface area contributed by atoms with Crippen LogP contribution in [0.2, 0.25) is 0 Å². The lowest BCUT2D eigenvalue weighted by molar-refractivity contribution is -0.138. The Hall–Kier alpha value is -0.650. The minimum Gasteiger partial charge on any atom is -0.394 e. The molecule has 3 N–H and O–H groups in total. The molecule has 5 heteroatoms. The molecule has 1 atom stereocenters. The van der Waals surface area contributed by atoms with E-state index >= 15 is 0 Å². The second-order valence-electron chi connectivity index (χ2n) is 5.68. The fourth-order valence-corrected chi connectivity index (χ4v) is 2.59. The van der Waals surface area contributed by atoms with E-state index in [0.717, 1.165) is 32.4 Å². The summed E-state index contributed by atoms with van der Waals surface area (Å²) in [7, 11) is 0. The molecule has 0 bridgehead atoms. The molecule has 5 nitrogen and oxygen atoms in total. The standard InChI is InChI=1S/C14H28N2O3/c1-11(2)9-12(10-15)14(18)16-5-3-13(4-6-16)19-8-7-17/h11-13,17H,3-10,15H2,1-2H3. The number of ether oxygens (including phenoxy) is 1. The molecule has 0 aliphatic carbocycles. The fourth-order valence-electron chi connectivity index (χ4n) is 2.59. The van der Waals surface area contributed by atoms with Gasteiger partial charge in [-0.3, -0.25) is 4.79 Å². The van der Waals surface area contributed by atoms with Crippen LogP contribution in [0.3, 0.4) is 0 Å². The van der Waals surface area contributed by atoms with Crippen LogP contribution in [-0.2, 0) is 9.53 Å². The minimum atomic E-state index is -0.0464. The van der Waals surface area contributed by atoms with Gasteiger partial charge in [0.05, 0.1) is 25.2 Å². The average Bonchev–Trinajstić information content (AvgIpc) is 2.42. The highest BCUT2D eigenvalue weighted by atomic mass is 16.5. The van der Waals surface area contributed by atoms with Crippen LogP contribution in [-0.4, -0.2) is 54.9 Å². The number of carbonyl (C=O) groups excluding carboxylic acids is 1. The molecular weight excluding hydrogens is 244 g/mol. The van der Waals surface area contributed by atoms with Gasteiger partial charge in [0.2, 0.25) is 5.91 Å². The lowest BCUT2D eigenvalue weighted by Gasteiger charge is -2.34. The first-order valence-electron chi connectivity index (χ1n) is 7.29. The largest absolute Gasteiger partial charge is 0.394 e. The van der Waals surface area contributed by atoms with Gasteiger partial charge in [0.1, 0.15) is 0 Å². The zero-order valence-corrected chi connectivity index (χ0v) is 12.2. The van der Waals surface area contributed by atoms with Crippen LogP contribution in [0, 0.1) is 11.8 Å². The maximum Gasteiger partial charge on any atom is 0.226 e. The van der Waals surface area contributed by atoms with E-state index in [4.69, 9.17) is 15.6 Å². The molecule has 1 fully saturated rings. The van der Waals surface area contributed by atoms with E-state index in [9.17, 15) is 4.79 Å². The van der Waals surface area contributed by atoms with Gasteiger partial charge < -0.3 is 20.5 Å². The van der Waals surface area contributed by atoms with Crippen molar-refractivity contribution in [2.24, 2.45) is 17.6 Å². The van der Waals surface area contributed by atoms with Crippen LogP contribution < -0.4 is 5.73 Å². The van der Waals surface area contributed by atoms with Crippen molar-refractivity contribution in [1.29, 1.82) is 0 Å². The smallest absolute Gasteiger partial charge is 0.226 e. The van der Waals surface area contributed by atoms with Gasteiger partial charge in [-0.2, -0.15) is 0 Å². The van der Waals surface area contributed by atoms with Gasteiger partial charge in [0, 0.05) is 19.6 Å². The highest BCUT2D eigenvalue weighted by Crippen LogP contribution is 2.19. The van der Waals surface area contributed by atoms with Crippen LogP contribution in [0.1, 0.15) is 33.1 Å². The van der Waals surface area contributed by atoms with Crippen LogP contribution in [0.5, 0.6) is 0 Å². The minimum absolute atomic E-state index is 0.0464. The number of nitrogens with two attached hydrogens (primary N) is 1. The van der Waals surface area contributed by atoms with Gasteiger partial charge in [-0.1, -0.05) is 13.8 Å². The molecular formula is C14H28N2O3. The number of carbonyl (C=O) groups is 1. The summed E-state index contributed by atoms with van der Waals surface area (Å²) in [6, 6.07) is 0. The maximum absolute atomic E-state index is 12.4. The lowest BCUT2D eigenvalue weighted by atomic mass is 9.95. The number of aliphatic hydroxyl groups excluding tert-OH is 1. The number of piperidine rings is 1. The van der Waals surface area contributed by atoms with Gasteiger partial charge in [0.15, 0.2) is 0 Å². The average molecular weight is 272 g/mol. The molecule has 1 rings (SSSR count). The quantitative estimate of drug-likeness (QED) is 0.712. The zero-order chi connectivity index (χ0) is 14.3. The van der Waals surface area contributed by atoms with Gasteiger partial charge in [-0.05, 0) is 25.2 Å². The van der Waals surface area contributed by atoms with Crippen LogP contribution in [0.25, 0.3) is 0 Å². The first kappa shape index (κ1) is 16.4. The molecule has 0 spiro atoms. The summed E-state index contributed by atoms with van der Waals surface area (Å²) in [4.78, 5) is 14.3. The van der Waals surface area contributed by atoms with Crippen LogP contribution in [0.15, 0.2) is 0 Å². The van der Waals surface area contributed by atoms with Crippen molar-refractivity contribution in [2.45, 2.75) is 39.2 Å². The first-order chi connectivity index (χ1) is 9.08. The monoisotopic (exact) mass is 272 g/mol. The molecule has 112 valence electrons. The van der Waals surface area contributed by atoms with E-state index in [1.165, 1.54) is 0 Å². The summed E-state index contributed by atoms with van der Waals surface area (Å²) in [5, 5.41) is 8.72. The van der Waals surface area contributed by atoms with Crippen molar-refractivity contribution in [3.63, 3.8) is 0 Å². The number of rotatable bonds is 7. The topological polar surface area (TPSA) is 75.8 Å². The molecule has 0 radical (unpaired) electrons. The lowest BCUT2D eigenvalue weighted by Crippen LogP contribution is -2.45. The molecule has 1 amide bonds. The summed E-state index contributed by atoms with van der Waals surface area (Å²) in [5.41, 5.74) is 5.72. The Bertz CT molecular complexity index is 263. The molecule has 0 aromatic heterocycles. The van der Waals surface area contributed by atoms with Crippen LogP contribution >= 0.6 is 0 Å². The SMILES string of the molecule is CC(C)CC(CN)C(=O)N1CCC(OCCO)CC1. The third kappa shape index (κ3) is 5.47. The Morgan fingerprint density at radius 1 is 1.42 bits per heavy atom. The zero-order valence-electron chi connectivity index (χ0n) is 12.2. The number of nitrogens with zero attached hydrogens (tertiary/aromatic N) is 1. The second kappa shape index (κ2) is 8.51. The molecule has 1 aliphatic heterocycles. The molecule has 19 heavy (non-hydrogen) atoms. The first-order valence-corrected chi connectivity index (χ1v) is 7.29.